The van der Waals surface area contributed by atoms with Gasteiger partial charge in [0.25, 0.3) is 5.91 Å². The van der Waals surface area contributed by atoms with E-state index in [9.17, 15) is 9.59 Å². The average molecular weight is 444 g/mol. The minimum absolute atomic E-state index is 0.187. The van der Waals surface area contributed by atoms with Crippen LogP contribution in [0.15, 0.2) is 47.4 Å². The van der Waals surface area contributed by atoms with Gasteiger partial charge in [0, 0.05) is 0 Å². The molecule has 2 aromatic rings. The Labute approximate surface area is 184 Å². The standard InChI is InChI=1S/C22H21NO5S2/c1-4-27-18-11-15(8-9-17(18)28-14(3)21(25)26)12-19-20(24)23(22(29)30-19)16-7-5-6-13(2)10-16/h5-12,14H,4H2,1-3H3,(H,25,26)/b19-12+. The Morgan fingerprint density at radius 1 is 1.27 bits per heavy atom. The number of thiocarbonyl (C=S) groups is 1. The Hall–Kier alpha value is -2.84. The summed E-state index contributed by atoms with van der Waals surface area (Å²) < 4.78 is 11.5. The fourth-order valence-electron chi connectivity index (χ4n) is 2.83. The molecule has 0 radical (unpaired) electrons. The van der Waals surface area contributed by atoms with Gasteiger partial charge < -0.3 is 14.6 Å². The number of nitrogens with zero attached hydrogens (tertiary/aromatic N) is 1. The Morgan fingerprint density at radius 3 is 2.70 bits per heavy atom. The van der Waals surface area contributed by atoms with Crippen LogP contribution < -0.4 is 14.4 Å². The first-order valence-electron chi connectivity index (χ1n) is 9.31. The second-order valence-corrected chi connectivity index (χ2v) is 8.27. The lowest BCUT2D eigenvalue weighted by Gasteiger charge is -2.15. The van der Waals surface area contributed by atoms with Crippen LogP contribution in [0.25, 0.3) is 6.08 Å². The molecule has 2 aromatic carbocycles. The van der Waals surface area contributed by atoms with Gasteiger partial charge in [-0.3, -0.25) is 9.69 Å². The van der Waals surface area contributed by atoms with Crippen molar-refractivity contribution >= 4 is 51.9 Å². The molecule has 1 atom stereocenters. The Kier molecular flexibility index (Phi) is 6.79. The molecule has 0 aliphatic carbocycles. The quantitative estimate of drug-likeness (QED) is 0.493. The summed E-state index contributed by atoms with van der Waals surface area (Å²) in [5, 5.41) is 9.07. The van der Waals surface area contributed by atoms with Crippen molar-refractivity contribution in [2.24, 2.45) is 0 Å². The molecule has 1 aliphatic rings. The molecule has 30 heavy (non-hydrogen) atoms. The fourth-order valence-corrected chi connectivity index (χ4v) is 4.13. The van der Waals surface area contributed by atoms with E-state index >= 15 is 0 Å². The molecule has 0 spiro atoms. The number of rotatable bonds is 7. The molecule has 1 aliphatic heterocycles. The highest BCUT2D eigenvalue weighted by atomic mass is 32.2. The smallest absolute Gasteiger partial charge is 0.344 e. The second-order valence-electron chi connectivity index (χ2n) is 6.59. The second kappa shape index (κ2) is 9.32. The number of anilines is 1. The van der Waals surface area contributed by atoms with Crippen LogP contribution in [-0.4, -0.2) is 34.0 Å². The van der Waals surface area contributed by atoms with Crippen molar-refractivity contribution in [3.63, 3.8) is 0 Å². The molecule has 0 saturated carbocycles. The van der Waals surface area contributed by atoms with Gasteiger partial charge in [-0.25, -0.2) is 4.79 Å². The van der Waals surface area contributed by atoms with Crippen LogP contribution in [0.2, 0.25) is 0 Å². The lowest BCUT2D eigenvalue weighted by Crippen LogP contribution is -2.27. The first-order valence-corrected chi connectivity index (χ1v) is 10.5. The van der Waals surface area contributed by atoms with Gasteiger partial charge in [0.2, 0.25) is 0 Å². The molecule has 3 rings (SSSR count). The maximum absolute atomic E-state index is 13.0. The molecule has 0 bridgehead atoms. The minimum atomic E-state index is -1.07. The highest BCUT2D eigenvalue weighted by molar-refractivity contribution is 8.27. The summed E-state index contributed by atoms with van der Waals surface area (Å²) in [6.07, 6.45) is 0.725. The third kappa shape index (κ3) is 4.83. The van der Waals surface area contributed by atoms with Crippen LogP contribution in [-0.2, 0) is 9.59 Å². The first kappa shape index (κ1) is 21.9. The van der Waals surface area contributed by atoms with Crippen LogP contribution in [0, 0.1) is 6.92 Å². The topological polar surface area (TPSA) is 76.1 Å². The molecule has 6 nitrogen and oxygen atoms in total. The Bertz CT molecular complexity index is 1030. The molecule has 1 fully saturated rings. The molecule has 1 unspecified atom stereocenters. The number of thioether (sulfide) groups is 1. The van der Waals surface area contributed by atoms with Gasteiger partial charge in [0.1, 0.15) is 0 Å². The lowest BCUT2D eigenvalue weighted by atomic mass is 10.1. The van der Waals surface area contributed by atoms with Crippen molar-refractivity contribution in [2.45, 2.75) is 26.9 Å². The zero-order valence-corrected chi connectivity index (χ0v) is 18.4. The number of aliphatic carboxylic acids is 1. The molecule has 1 saturated heterocycles. The Morgan fingerprint density at radius 2 is 2.03 bits per heavy atom. The van der Waals surface area contributed by atoms with E-state index in [4.69, 9.17) is 26.8 Å². The maximum Gasteiger partial charge on any atom is 0.344 e. The van der Waals surface area contributed by atoms with E-state index in [0.29, 0.717) is 27.3 Å². The molecule has 1 amide bonds. The highest BCUT2D eigenvalue weighted by Gasteiger charge is 2.33. The number of aryl methyl sites for hydroxylation is 1. The van der Waals surface area contributed by atoms with Crippen molar-refractivity contribution in [1.29, 1.82) is 0 Å². The summed E-state index contributed by atoms with van der Waals surface area (Å²) in [5.74, 6) is -0.514. The van der Waals surface area contributed by atoms with Crippen LogP contribution in [0.1, 0.15) is 25.0 Å². The summed E-state index contributed by atoms with van der Waals surface area (Å²) in [4.78, 5) is 26.1. The van der Waals surface area contributed by atoms with Crippen LogP contribution in [0.4, 0.5) is 5.69 Å². The van der Waals surface area contributed by atoms with Crippen LogP contribution in [0.3, 0.4) is 0 Å². The van der Waals surface area contributed by atoms with E-state index in [2.05, 4.69) is 0 Å². The van der Waals surface area contributed by atoms with E-state index in [-0.39, 0.29) is 5.91 Å². The van der Waals surface area contributed by atoms with Gasteiger partial charge in [-0.1, -0.05) is 42.2 Å². The largest absolute Gasteiger partial charge is 0.490 e. The number of carboxylic acid groups (broad SMARTS) is 1. The SMILES string of the molecule is CCOc1cc(/C=C2/SC(=S)N(c3cccc(C)c3)C2=O)ccc1OC(C)C(=O)O. The molecule has 1 heterocycles. The summed E-state index contributed by atoms with van der Waals surface area (Å²) in [7, 11) is 0. The number of carbonyl (C=O) groups excluding carboxylic acids is 1. The summed E-state index contributed by atoms with van der Waals surface area (Å²) in [5.41, 5.74) is 2.50. The predicted octanol–water partition coefficient (Wildman–Crippen LogP) is 4.65. The van der Waals surface area contributed by atoms with Gasteiger partial charge in [-0.15, -0.1) is 0 Å². The third-order valence-electron chi connectivity index (χ3n) is 4.27. The minimum Gasteiger partial charge on any atom is -0.490 e. The average Bonchev–Trinajstić information content (AvgIpc) is 2.97. The van der Waals surface area contributed by atoms with Crippen LogP contribution in [0.5, 0.6) is 11.5 Å². The molecular weight excluding hydrogens is 422 g/mol. The van der Waals surface area contributed by atoms with Crippen molar-refractivity contribution in [3.05, 3.63) is 58.5 Å². The summed E-state index contributed by atoms with van der Waals surface area (Å²) >= 11 is 6.66. The van der Waals surface area contributed by atoms with E-state index in [1.54, 1.807) is 24.3 Å². The fraction of sp³-hybridized carbons (Fsp3) is 0.227. The molecular formula is C22H21NO5S2. The van der Waals surface area contributed by atoms with Crippen molar-refractivity contribution in [3.8, 4) is 11.5 Å². The number of ether oxygens (including phenoxy) is 2. The molecule has 0 aromatic heterocycles. The van der Waals surface area contributed by atoms with Crippen molar-refractivity contribution < 1.29 is 24.2 Å². The zero-order valence-electron chi connectivity index (χ0n) is 16.7. The zero-order chi connectivity index (χ0) is 21.8. The molecule has 1 N–H and O–H groups in total. The predicted molar refractivity (Wildman–Crippen MR) is 122 cm³/mol. The first-order chi connectivity index (χ1) is 14.3. The summed E-state index contributed by atoms with van der Waals surface area (Å²) in [6.45, 7) is 5.62. The van der Waals surface area contributed by atoms with Gasteiger partial charge in [0.15, 0.2) is 21.9 Å². The third-order valence-corrected chi connectivity index (χ3v) is 5.57. The number of hydrogen-bond acceptors (Lipinski definition) is 6. The van der Waals surface area contributed by atoms with E-state index in [0.717, 1.165) is 16.8 Å². The van der Waals surface area contributed by atoms with Crippen molar-refractivity contribution in [2.75, 3.05) is 11.5 Å². The van der Waals surface area contributed by atoms with Gasteiger partial charge in [-0.2, -0.15) is 0 Å². The van der Waals surface area contributed by atoms with E-state index in [1.807, 2.05) is 38.1 Å². The van der Waals surface area contributed by atoms with Gasteiger partial charge in [-0.05, 0) is 62.2 Å². The summed E-state index contributed by atoms with van der Waals surface area (Å²) in [6, 6.07) is 12.7. The monoisotopic (exact) mass is 443 g/mol. The van der Waals surface area contributed by atoms with Gasteiger partial charge in [0.05, 0.1) is 17.2 Å². The van der Waals surface area contributed by atoms with Crippen LogP contribution >= 0.6 is 24.0 Å². The highest BCUT2D eigenvalue weighted by Crippen LogP contribution is 2.37. The molecule has 156 valence electrons. The number of benzene rings is 2. The van der Waals surface area contributed by atoms with Gasteiger partial charge >= 0.3 is 5.97 Å². The number of amides is 1. The maximum atomic E-state index is 13.0. The molecule has 8 heteroatoms. The van der Waals surface area contributed by atoms with E-state index in [1.165, 1.54) is 23.6 Å². The normalized spacial score (nSPS) is 16.1. The number of hydrogen-bond donors (Lipinski definition) is 1. The number of carboxylic acids is 1. The Balaban J connectivity index is 1.89. The lowest BCUT2D eigenvalue weighted by molar-refractivity contribution is -0.144. The van der Waals surface area contributed by atoms with Crippen molar-refractivity contribution in [1.82, 2.24) is 0 Å². The van der Waals surface area contributed by atoms with E-state index < -0.39 is 12.1 Å². The number of carbonyl (C=O) groups is 2.